The summed E-state index contributed by atoms with van der Waals surface area (Å²) in [6, 6.07) is 17.2. The number of benzene rings is 2. The summed E-state index contributed by atoms with van der Waals surface area (Å²) in [5.41, 5.74) is 1.16. The zero-order valence-corrected chi connectivity index (χ0v) is 27.2. The summed E-state index contributed by atoms with van der Waals surface area (Å²) in [5, 5.41) is 8.53. The van der Waals surface area contributed by atoms with E-state index in [1.807, 2.05) is 60.7 Å². The maximum atomic E-state index is 15.0. The lowest BCUT2D eigenvalue weighted by atomic mass is 9.96. The molecule has 0 radical (unpaired) electrons. The van der Waals surface area contributed by atoms with Crippen molar-refractivity contribution < 1.29 is 37.4 Å². The lowest BCUT2D eigenvalue weighted by Gasteiger charge is -2.41. The normalized spacial score (nSPS) is 28.0. The van der Waals surface area contributed by atoms with E-state index in [1.54, 1.807) is 20.8 Å². The van der Waals surface area contributed by atoms with Gasteiger partial charge in [-0.1, -0.05) is 75.5 Å². The number of halogens is 2. The first kappa shape index (κ1) is 39.5. The van der Waals surface area contributed by atoms with Crippen LogP contribution in [0, 0.1) is 0 Å². The number of nitrogens with zero attached hydrogens (tertiary/aromatic N) is 1. The summed E-state index contributed by atoms with van der Waals surface area (Å²) >= 11 is 0. The molecule has 0 unspecified atom stereocenters. The minimum absolute atomic E-state index is 0. The number of fused-ring (bicyclic) bond motifs is 4. The number of nitrogens with one attached hydrogen (secondary N) is 3. The van der Waals surface area contributed by atoms with Gasteiger partial charge in [-0.25, -0.2) is 23.2 Å². The second-order valence-corrected chi connectivity index (χ2v) is 13.7. The summed E-state index contributed by atoms with van der Waals surface area (Å²) in [6.07, 6.45) is 0.0748. The second kappa shape index (κ2) is 17.6. The van der Waals surface area contributed by atoms with Crippen molar-refractivity contribution in [2.75, 3.05) is 0 Å². The molecule has 3 N–H and O–H groups in total. The van der Waals surface area contributed by atoms with E-state index in [0.29, 0.717) is 31.7 Å². The van der Waals surface area contributed by atoms with Crippen molar-refractivity contribution in [3.63, 3.8) is 0 Å². The molecule has 2 aromatic rings. The van der Waals surface area contributed by atoms with Crippen molar-refractivity contribution >= 4 is 18.3 Å². The van der Waals surface area contributed by atoms with Crippen molar-refractivity contribution in [2.45, 2.75) is 142 Å². The summed E-state index contributed by atoms with van der Waals surface area (Å²) < 4.78 is 44.9. The highest BCUT2D eigenvalue weighted by Crippen LogP contribution is 2.38. The van der Waals surface area contributed by atoms with Crippen molar-refractivity contribution in [2.24, 2.45) is 0 Å². The van der Waals surface area contributed by atoms with Crippen LogP contribution in [0.2, 0.25) is 0 Å². The predicted octanol–water partition coefficient (Wildman–Crippen LogP) is 7.21. The zero-order chi connectivity index (χ0) is 33.6. The van der Waals surface area contributed by atoms with Gasteiger partial charge in [0.25, 0.3) is 0 Å². The first-order valence-corrected chi connectivity index (χ1v) is 16.5. The quantitative estimate of drug-likeness (QED) is 0.275. The number of carbonyl (C=O) groups is 3. The smallest absolute Gasteiger partial charge is 0.410 e. The number of alkyl halides is 2. The van der Waals surface area contributed by atoms with E-state index >= 15 is 0 Å². The Labute approximate surface area is 289 Å². The van der Waals surface area contributed by atoms with Gasteiger partial charge in [-0.2, -0.15) is 0 Å². The van der Waals surface area contributed by atoms with Crippen LogP contribution in [0.25, 0.3) is 0 Å². The third-order valence-electron chi connectivity index (χ3n) is 9.04. The Morgan fingerprint density at radius 3 is 1.84 bits per heavy atom. The fourth-order valence-corrected chi connectivity index (χ4v) is 6.86. The van der Waals surface area contributed by atoms with Crippen LogP contribution in [0.4, 0.5) is 23.2 Å². The summed E-state index contributed by atoms with van der Waals surface area (Å²) in [7, 11) is 0. The third-order valence-corrected chi connectivity index (χ3v) is 9.04. The first-order chi connectivity index (χ1) is 22.5. The number of rotatable bonds is 6. The molecule has 12 heteroatoms. The lowest BCUT2D eigenvalue weighted by Crippen LogP contribution is -2.60. The predicted molar refractivity (Wildman–Crippen MR) is 184 cm³/mol. The van der Waals surface area contributed by atoms with Gasteiger partial charge in [0.05, 0.1) is 18.1 Å². The molecule has 4 fully saturated rings. The Kier molecular flexibility index (Phi) is 14.2. The number of hydrogen-bond donors (Lipinski definition) is 3. The van der Waals surface area contributed by atoms with Crippen molar-refractivity contribution in [3.8, 4) is 0 Å². The van der Waals surface area contributed by atoms with Crippen LogP contribution in [-0.4, -0.2) is 77.4 Å². The van der Waals surface area contributed by atoms with Crippen LogP contribution in [-0.2, 0) is 27.4 Å². The van der Waals surface area contributed by atoms with Crippen LogP contribution in [0.15, 0.2) is 60.7 Å². The number of amides is 3. The van der Waals surface area contributed by atoms with E-state index in [-0.39, 0.29) is 40.2 Å². The monoisotopic (exact) mass is 688 g/mol. The van der Waals surface area contributed by atoms with Crippen LogP contribution < -0.4 is 16.0 Å². The molecule has 4 saturated heterocycles. The van der Waals surface area contributed by atoms with Gasteiger partial charge in [-0.15, -0.1) is 0 Å². The minimum atomic E-state index is -1.35. The molecular weight excluding hydrogens is 634 g/mol. The van der Waals surface area contributed by atoms with Gasteiger partial charge >= 0.3 is 18.3 Å². The molecular formula is C37H54F2N4O6. The maximum absolute atomic E-state index is 15.0. The number of carbonyl (C=O) groups excluding carboxylic acids is 3. The Morgan fingerprint density at radius 1 is 0.776 bits per heavy atom. The fourth-order valence-electron chi connectivity index (χ4n) is 6.86. The molecule has 0 aromatic heterocycles. The zero-order valence-electron chi connectivity index (χ0n) is 27.2. The third kappa shape index (κ3) is 10.8. The highest BCUT2D eigenvalue weighted by molar-refractivity contribution is 5.71. The summed E-state index contributed by atoms with van der Waals surface area (Å²) in [6.45, 7) is 5.71. The Bertz CT molecular complexity index is 1350. The van der Waals surface area contributed by atoms with Gasteiger partial charge in [0, 0.05) is 18.1 Å². The van der Waals surface area contributed by atoms with Gasteiger partial charge in [0.2, 0.25) is 0 Å². The molecule has 0 aliphatic carbocycles. The van der Waals surface area contributed by atoms with Crippen molar-refractivity contribution in [1.29, 1.82) is 0 Å². The molecule has 2 aromatic carbocycles. The molecule has 10 nitrogen and oxygen atoms in total. The largest absolute Gasteiger partial charge is 0.445 e. The van der Waals surface area contributed by atoms with Crippen molar-refractivity contribution in [3.05, 3.63) is 71.8 Å². The minimum Gasteiger partial charge on any atom is -0.445 e. The summed E-state index contributed by atoms with van der Waals surface area (Å²) in [4.78, 5) is 37.8. The topological polar surface area (TPSA) is 118 Å². The van der Waals surface area contributed by atoms with E-state index < -0.39 is 54.3 Å². The second-order valence-electron chi connectivity index (χ2n) is 13.7. The molecule has 4 aliphatic heterocycles. The van der Waals surface area contributed by atoms with E-state index in [4.69, 9.17) is 14.2 Å². The SMILES string of the molecule is C.C.CC(C)(C)OC(=O)N1[C@@H]2CC[C@H]1[C@H](F)[C@@H](NC(=O)OCc1ccccc1)C2.O=C(N[C@H]1C[C@H]2CC[C@H](N2)[C@@H]1F)OCc1ccccc1. The van der Waals surface area contributed by atoms with Gasteiger partial charge < -0.3 is 30.2 Å². The van der Waals surface area contributed by atoms with E-state index in [2.05, 4.69) is 16.0 Å². The molecule has 0 saturated carbocycles. The molecule has 49 heavy (non-hydrogen) atoms. The highest BCUT2D eigenvalue weighted by Gasteiger charge is 2.51. The Morgan fingerprint density at radius 2 is 1.31 bits per heavy atom. The van der Waals surface area contributed by atoms with Crippen molar-refractivity contribution in [1.82, 2.24) is 20.9 Å². The van der Waals surface area contributed by atoms with E-state index in [0.717, 1.165) is 24.0 Å². The fraction of sp³-hybridized carbons (Fsp3) is 0.595. The Balaban J connectivity index is 0.000000265. The van der Waals surface area contributed by atoms with Gasteiger partial charge in [0.15, 0.2) is 0 Å². The lowest BCUT2D eigenvalue weighted by molar-refractivity contribution is -0.0133. The number of piperidine rings is 2. The number of ether oxygens (including phenoxy) is 3. The Hall–Kier alpha value is -3.93. The van der Waals surface area contributed by atoms with E-state index in [1.165, 1.54) is 4.90 Å². The van der Waals surface area contributed by atoms with Gasteiger partial charge in [0.1, 0.15) is 31.2 Å². The standard InChI is InChI=1S/C20H27FN2O4.C15H19FN2O2.2CH4/c1-20(2,3)27-19(25)23-14-9-10-16(23)17(21)15(11-14)22-18(24)26-12-13-7-5-4-6-8-13;16-14-12-7-6-11(17-12)8-13(14)18-15(19)20-9-10-4-2-1-3-5-10;;/h4-8,14-17H,9-12H2,1-3H3,(H,22,24);1-5,11-14,17H,6-9H2,(H,18,19);2*1H4/t14-,15+,16+,17-;11-,12+,13+,14+;;/m11../s1. The number of alkyl carbamates (subject to hydrolysis) is 2. The van der Waals surface area contributed by atoms with E-state index in [9.17, 15) is 23.2 Å². The average Bonchev–Trinajstić information content (AvgIpc) is 3.62. The average molecular weight is 689 g/mol. The molecule has 8 atom stereocenters. The highest BCUT2D eigenvalue weighted by atomic mass is 19.1. The molecule has 6 rings (SSSR count). The molecule has 4 aliphatic rings. The molecule has 4 bridgehead atoms. The van der Waals surface area contributed by atoms with Crippen LogP contribution in [0.5, 0.6) is 0 Å². The van der Waals surface area contributed by atoms with Gasteiger partial charge in [-0.05, 0) is 70.4 Å². The van der Waals surface area contributed by atoms with Crippen LogP contribution >= 0.6 is 0 Å². The van der Waals surface area contributed by atoms with Crippen LogP contribution in [0.3, 0.4) is 0 Å². The molecule has 0 spiro atoms. The van der Waals surface area contributed by atoms with Gasteiger partial charge in [-0.3, -0.25) is 4.90 Å². The molecule has 3 amide bonds. The first-order valence-electron chi connectivity index (χ1n) is 16.5. The molecule has 4 heterocycles. The maximum Gasteiger partial charge on any atom is 0.410 e. The molecule has 272 valence electrons. The summed E-state index contributed by atoms with van der Waals surface area (Å²) in [5.74, 6) is 0. The number of hydrogen-bond acceptors (Lipinski definition) is 7. The van der Waals surface area contributed by atoms with Crippen LogP contribution in [0.1, 0.15) is 85.3 Å².